The zero-order chi connectivity index (χ0) is 14.4. The zero-order valence-electron chi connectivity index (χ0n) is 10.9. The Balaban J connectivity index is 1.81. The van der Waals surface area contributed by atoms with Crippen LogP contribution >= 0.6 is 34.2 Å². The molecule has 0 radical (unpaired) electrons. The second kappa shape index (κ2) is 7.64. The number of aryl methyl sites for hydroxylation is 1. The molecule has 0 heterocycles. The molecule has 0 aliphatic rings. The fraction of sp³-hybridized carbons (Fsp3) is 0.188. The number of carbonyl (C=O) groups excluding carboxylic acids is 1. The van der Waals surface area contributed by atoms with E-state index in [1.807, 2.05) is 48.5 Å². The van der Waals surface area contributed by atoms with E-state index in [1.54, 1.807) is 0 Å². The number of rotatable bonds is 5. The Morgan fingerprint density at radius 2 is 1.80 bits per heavy atom. The van der Waals surface area contributed by atoms with Gasteiger partial charge in [0.25, 0.3) is 5.91 Å². The van der Waals surface area contributed by atoms with Crippen molar-refractivity contribution in [1.82, 2.24) is 5.32 Å². The minimum absolute atomic E-state index is 0.0193. The predicted molar refractivity (Wildman–Crippen MR) is 91.3 cm³/mol. The van der Waals surface area contributed by atoms with Crippen molar-refractivity contribution in [2.75, 3.05) is 6.54 Å². The molecule has 1 amide bonds. The van der Waals surface area contributed by atoms with Crippen molar-refractivity contribution in [2.24, 2.45) is 0 Å². The largest absolute Gasteiger partial charge is 0.352 e. The van der Waals surface area contributed by atoms with Gasteiger partial charge in [0.1, 0.15) is 0 Å². The highest BCUT2D eigenvalue weighted by Gasteiger charge is 2.08. The Morgan fingerprint density at radius 3 is 2.55 bits per heavy atom. The Morgan fingerprint density at radius 1 is 1.10 bits per heavy atom. The molecule has 20 heavy (non-hydrogen) atoms. The van der Waals surface area contributed by atoms with Gasteiger partial charge >= 0.3 is 0 Å². The quantitative estimate of drug-likeness (QED) is 0.589. The van der Waals surface area contributed by atoms with Crippen LogP contribution < -0.4 is 5.32 Å². The minimum Gasteiger partial charge on any atom is -0.352 e. The van der Waals surface area contributed by atoms with E-state index in [0.29, 0.717) is 6.54 Å². The van der Waals surface area contributed by atoms with Crippen molar-refractivity contribution in [2.45, 2.75) is 12.8 Å². The first-order valence-corrected chi connectivity index (χ1v) is 7.90. The van der Waals surface area contributed by atoms with Crippen molar-refractivity contribution >= 4 is 40.1 Å². The fourth-order valence-electron chi connectivity index (χ4n) is 1.92. The van der Waals surface area contributed by atoms with Gasteiger partial charge in [-0.15, -0.1) is 0 Å². The number of hydrogen-bond donors (Lipinski definition) is 1. The molecule has 0 fully saturated rings. The van der Waals surface area contributed by atoms with Crippen LogP contribution in [0, 0.1) is 3.57 Å². The molecule has 0 spiro atoms. The van der Waals surface area contributed by atoms with Crippen LogP contribution in [0.4, 0.5) is 0 Å². The summed E-state index contributed by atoms with van der Waals surface area (Å²) in [7, 11) is 0. The van der Waals surface area contributed by atoms with Crippen LogP contribution in [0.5, 0.6) is 0 Å². The normalized spacial score (nSPS) is 10.3. The fourth-order valence-corrected chi connectivity index (χ4v) is 2.79. The molecule has 2 aromatic rings. The summed E-state index contributed by atoms with van der Waals surface area (Å²) in [6.07, 6.45) is 1.74. The molecule has 2 nitrogen and oxygen atoms in total. The SMILES string of the molecule is O=C(NCCCc1ccccc1Cl)c1ccccc1I. The van der Waals surface area contributed by atoms with E-state index in [9.17, 15) is 4.79 Å². The average molecular weight is 400 g/mol. The molecule has 0 saturated carbocycles. The molecule has 4 heteroatoms. The Hall–Kier alpha value is -1.07. The van der Waals surface area contributed by atoms with Gasteiger partial charge in [-0.3, -0.25) is 4.79 Å². The number of benzene rings is 2. The lowest BCUT2D eigenvalue weighted by atomic mass is 10.1. The maximum absolute atomic E-state index is 12.0. The van der Waals surface area contributed by atoms with E-state index in [0.717, 1.165) is 32.6 Å². The molecular weight excluding hydrogens is 385 g/mol. The van der Waals surface area contributed by atoms with Crippen molar-refractivity contribution in [3.8, 4) is 0 Å². The highest BCUT2D eigenvalue weighted by Crippen LogP contribution is 2.16. The van der Waals surface area contributed by atoms with Crippen molar-refractivity contribution < 1.29 is 4.79 Å². The third-order valence-corrected chi connectivity index (χ3v) is 4.29. The van der Waals surface area contributed by atoms with Gasteiger partial charge < -0.3 is 5.32 Å². The molecule has 2 rings (SSSR count). The summed E-state index contributed by atoms with van der Waals surface area (Å²) in [5.41, 5.74) is 1.85. The van der Waals surface area contributed by atoms with Crippen LogP contribution in [0.2, 0.25) is 5.02 Å². The smallest absolute Gasteiger partial charge is 0.252 e. The lowest BCUT2D eigenvalue weighted by Crippen LogP contribution is -2.25. The average Bonchev–Trinajstić information content (AvgIpc) is 2.45. The van der Waals surface area contributed by atoms with Gasteiger partial charge in [-0.2, -0.15) is 0 Å². The lowest BCUT2D eigenvalue weighted by Gasteiger charge is -2.07. The molecule has 0 bridgehead atoms. The number of hydrogen-bond acceptors (Lipinski definition) is 1. The number of amides is 1. The standard InChI is InChI=1S/C16H15ClINO/c17-14-9-3-1-6-12(14)7-5-11-19-16(20)13-8-2-4-10-15(13)18/h1-4,6,8-10H,5,7,11H2,(H,19,20). The van der Waals surface area contributed by atoms with Gasteiger partial charge in [0, 0.05) is 15.1 Å². The van der Waals surface area contributed by atoms with E-state index in [4.69, 9.17) is 11.6 Å². The first-order valence-electron chi connectivity index (χ1n) is 6.44. The first-order chi connectivity index (χ1) is 9.68. The topological polar surface area (TPSA) is 29.1 Å². The second-order valence-corrected chi connectivity index (χ2v) is 6.00. The van der Waals surface area contributed by atoms with Crippen LogP contribution in [-0.4, -0.2) is 12.5 Å². The van der Waals surface area contributed by atoms with Gasteiger partial charge in [-0.25, -0.2) is 0 Å². The Labute approximate surface area is 137 Å². The minimum atomic E-state index is -0.0193. The number of nitrogens with one attached hydrogen (secondary N) is 1. The van der Waals surface area contributed by atoms with Crippen LogP contribution in [0.3, 0.4) is 0 Å². The molecule has 104 valence electrons. The lowest BCUT2D eigenvalue weighted by molar-refractivity contribution is 0.0952. The summed E-state index contributed by atoms with van der Waals surface area (Å²) < 4.78 is 0.966. The maximum atomic E-state index is 12.0. The van der Waals surface area contributed by atoms with E-state index in [1.165, 1.54) is 0 Å². The first kappa shape index (κ1) is 15.3. The summed E-state index contributed by atoms with van der Waals surface area (Å²) in [6.45, 7) is 0.648. The van der Waals surface area contributed by atoms with Gasteiger partial charge in [-0.1, -0.05) is 41.9 Å². The molecule has 0 atom stereocenters. The van der Waals surface area contributed by atoms with E-state index in [-0.39, 0.29) is 5.91 Å². The summed E-state index contributed by atoms with van der Waals surface area (Å²) in [4.78, 5) is 12.0. The van der Waals surface area contributed by atoms with Crippen molar-refractivity contribution in [1.29, 1.82) is 0 Å². The zero-order valence-corrected chi connectivity index (χ0v) is 13.8. The third kappa shape index (κ3) is 4.21. The number of carbonyl (C=O) groups is 1. The van der Waals surface area contributed by atoms with Crippen molar-refractivity contribution in [3.63, 3.8) is 0 Å². The highest BCUT2D eigenvalue weighted by atomic mass is 127. The monoisotopic (exact) mass is 399 g/mol. The van der Waals surface area contributed by atoms with Gasteiger partial charge in [0.2, 0.25) is 0 Å². The molecule has 2 aromatic carbocycles. The van der Waals surface area contributed by atoms with Gasteiger partial charge in [-0.05, 0) is 59.2 Å². The maximum Gasteiger partial charge on any atom is 0.252 e. The highest BCUT2D eigenvalue weighted by molar-refractivity contribution is 14.1. The summed E-state index contributed by atoms with van der Waals surface area (Å²) in [5.74, 6) is -0.0193. The predicted octanol–water partition coefficient (Wildman–Crippen LogP) is 4.31. The Kier molecular flexibility index (Phi) is 5.86. The second-order valence-electron chi connectivity index (χ2n) is 4.43. The molecule has 0 aromatic heterocycles. The van der Waals surface area contributed by atoms with Crippen LogP contribution in [-0.2, 0) is 6.42 Å². The summed E-state index contributed by atoms with van der Waals surface area (Å²) >= 11 is 8.27. The van der Waals surface area contributed by atoms with E-state index >= 15 is 0 Å². The third-order valence-electron chi connectivity index (χ3n) is 2.98. The van der Waals surface area contributed by atoms with Gasteiger partial charge in [0.15, 0.2) is 0 Å². The van der Waals surface area contributed by atoms with Crippen LogP contribution in [0.1, 0.15) is 22.3 Å². The van der Waals surface area contributed by atoms with E-state index in [2.05, 4.69) is 27.9 Å². The molecule has 0 unspecified atom stereocenters. The van der Waals surface area contributed by atoms with Crippen molar-refractivity contribution in [3.05, 3.63) is 68.3 Å². The van der Waals surface area contributed by atoms with Gasteiger partial charge in [0.05, 0.1) is 5.56 Å². The molecular formula is C16H15ClINO. The molecule has 1 N–H and O–H groups in total. The number of halogens is 2. The van der Waals surface area contributed by atoms with Crippen LogP contribution in [0.25, 0.3) is 0 Å². The summed E-state index contributed by atoms with van der Waals surface area (Å²) in [5, 5.41) is 3.73. The molecule has 0 aliphatic carbocycles. The van der Waals surface area contributed by atoms with Crippen LogP contribution in [0.15, 0.2) is 48.5 Å². The Bertz CT molecular complexity index is 601. The summed E-state index contributed by atoms with van der Waals surface area (Å²) in [6, 6.07) is 15.4. The molecule has 0 aliphatic heterocycles. The molecule has 0 saturated heterocycles. The van der Waals surface area contributed by atoms with E-state index < -0.39 is 0 Å².